The van der Waals surface area contributed by atoms with Crippen molar-refractivity contribution in [2.24, 2.45) is 5.73 Å². The first-order valence-electron chi connectivity index (χ1n) is 4.48. The first kappa shape index (κ1) is 14.6. The van der Waals surface area contributed by atoms with Gasteiger partial charge in [0.15, 0.2) is 0 Å². The Kier molecular flexibility index (Phi) is 8.64. The zero-order valence-corrected chi connectivity index (χ0v) is 9.85. The predicted octanol–water partition coefficient (Wildman–Crippen LogP) is 1.03. The first-order chi connectivity index (χ1) is 7.04. The zero-order chi connectivity index (χ0) is 11.7. The second-order valence-electron chi connectivity index (χ2n) is 2.87. The van der Waals surface area contributed by atoms with E-state index in [-0.39, 0.29) is 6.42 Å². The van der Waals surface area contributed by atoms with Gasteiger partial charge in [0.2, 0.25) is 0 Å². The average molecular weight is 253 g/mol. The molecule has 0 saturated heterocycles. The average Bonchev–Trinajstić information content (AvgIpc) is 2.15. The Morgan fingerprint density at radius 3 is 2.33 bits per heavy atom. The Hall–Kier alpha value is -0.400. The molecule has 5 nitrogen and oxygen atoms in total. The minimum absolute atomic E-state index is 0.183. The molecule has 0 amide bonds. The number of carboxylic acid groups (broad SMARTS) is 2. The van der Waals surface area contributed by atoms with Crippen LogP contribution in [-0.4, -0.2) is 39.7 Å². The van der Waals surface area contributed by atoms with Crippen molar-refractivity contribution in [3.05, 3.63) is 0 Å². The number of carboxylic acids is 2. The highest BCUT2D eigenvalue weighted by atomic mass is 33.1. The maximum atomic E-state index is 10.3. The third kappa shape index (κ3) is 9.89. The summed E-state index contributed by atoms with van der Waals surface area (Å²) in [5.74, 6) is -0.329. The Morgan fingerprint density at radius 2 is 1.80 bits per heavy atom. The summed E-state index contributed by atoms with van der Waals surface area (Å²) in [5.41, 5.74) is 5.30. The van der Waals surface area contributed by atoms with Crippen LogP contribution in [0.4, 0.5) is 0 Å². The molecule has 0 rings (SSSR count). The van der Waals surface area contributed by atoms with Gasteiger partial charge in [-0.3, -0.25) is 9.59 Å². The summed E-state index contributed by atoms with van der Waals surface area (Å²) in [7, 11) is 3.08. The van der Waals surface area contributed by atoms with E-state index in [9.17, 15) is 9.59 Å². The van der Waals surface area contributed by atoms with Crippen LogP contribution in [0.25, 0.3) is 0 Å². The van der Waals surface area contributed by atoms with Gasteiger partial charge in [-0.25, -0.2) is 0 Å². The molecule has 0 aromatic rings. The van der Waals surface area contributed by atoms with Gasteiger partial charge in [-0.1, -0.05) is 21.6 Å². The molecule has 0 spiro atoms. The molecule has 0 radical (unpaired) electrons. The summed E-state index contributed by atoms with van der Waals surface area (Å²) in [6, 6.07) is -0.794. The fourth-order valence-electron chi connectivity index (χ4n) is 0.699. The van der Waals surface area contributed by atoms with E-state index < -0.39 is 18.0 Å². The van der Waals surface area contributed by atoms with Gasteiger partial charge in [0.05, 0.1) is 0 Å². The van der Waals surface area contributed by atoms with E-state index in [1.54, 1.807) is 10.8 Å². The van der Waals surface area contributed by atoms with Crippen molar-refractivity contribution in [2.75, 3.05) is 11.5 Å². The standard InChI is InChI=1S/C8H15NO4S2/c9-6(8(12)13)3-5-15-14-4-1-2-7(10)11/h6H,1-5,9H2,(H,10,11)(H,12,13). The molecule has 0 fully saturated rings. The van der Waals surface area contributed by atoms with Crippen molar-refractivity contribution in [1.82, 2.24) is 0 Å². The molecule has 0 bridgehead atoms. The fourth-order valence-corrected chi connectivity index (χ4v) is 2.90. The second kappa shape index (κ2) is 8.87. The van der Waals surface area contributed by atoms with Gasteiger partial charge in [0, 0.05) is 17.9 Å². The molecule has 1 atom stereocenters. The van der Waals surface area contributed by atoms with Crippen LogP contribution in [0.5, 0.6) is 0 Å². The molecule has 15 heavy (non-hydrogen) atoms. The third-order valence-electron chi connectivity index (χ3n) is 1.53. The predicted molar refractivity (Wildman–Crippen MR) is 62.0 cm³/mol. The highest BCUT2D eigenvalue weighted by Gasteiger charge is 2.10. The van der Waals surface area contributed by atoms with Crippen LogP contribution in [0, 0.1) is 0 Å². The molecule has 88 valence electrons. The Morgan fingerprint density at radius 1 is 1.20 bits per heavy atom. The van der Waals surface area contributed by atoms with Gasteiger partial charge in [0.1, 0.15) is 6.04 Å². The number of carbonyl (C=O) groups is 2. The maximum absolute atomic E-state index is 10.3. The molecule has 7 heteroatoms. The van der Waals surface area contributed by atoms with Crippen LogP contribution >= 0.6 is 21.6 Å². The molecular formula is C8H15NO4S2. The van der Waals surface area contributed by atoms with E-state index in [0.717, 1.165) is 5.75 Å². The van der Waals surface area contributed by atoms with Gasteiger partial charge in [-0.15, -0.1) is 0 Å². The molecule has 0 heterocycles. The Bertz CT molecular complexity index is 213. The Balaban J connectivity index is 3.18. The molecule has 0 aromatic carbocycles. The first-order valence-corrected chi connectivity index (χ1v) is 6.97. The van der Waals surface area contributed by atoms with E-state index >= 15 is 0 Å². The molecular weight excluding hydrogens is 238 g/mol. The van der Waals surface area contributed by atoms with Crippen molar-refractivity contribution in [2.45, 2.75) is 25.3 Å². The van der Waals surface area contributed by atoms with E-state index in [1.165, 1.54) is 10.8 Å². The topological polar surface area (TPSA) is 101 Å². The van der Waals surface area contributed by atoms with Crippen molar-refractivity contribution in [3.63, 3.8) is 0 Å². The van der Waals surface area contributed by atoms with Gasteiger partial charge in [-0.05, 0) is 12.8 Å². The highest BCUT2D eigenvalue weighted by molar-refractivity contribution is 8.76. The van der Waals surface area contributed by atoms with Crippen LogP contribution in [-0.2, 0) is 9.59 Å². The molecule has 4 N–H and O–H groups in total. The lowest BCUT2D eigenvalue weighted by molar-refractivity contribution is -0.139. The van der Waals surface area contributed by atoms with Gasteiger partial charge >= 0.3 is 11.9 Å². The molecule has 0 aliphatic rings. The molecule has 1 unspecified atom stereocenters. The summed E-state index contributed by atoms with van der Waals surface area (Å²) >= 11 is 0. The van der Waals surface area contributed by atoms with Gasteiger partial charge in [-0.2, -0.15) is 0 Å². The summed E-state index contributed by atoms with van der Waals surface area (Å²) < 4.78 is 0. The van der Waals surface area contributed by atoms with E-state index in [2.05, 4.69) is 0 Å². The largest absolute Gasteiger partial charge is 0.481 e. The van der Waals surface area contributed by atoms with E-state index in [1.807, 2.05) is 0 Å². The summed E-state index contributed by atoms with van der Waals surface area (Å²) in [6.45, 7) is 0. The van der Waals surface area contributed by atoms with E-state index in [0.29, 0.717) is 18.6 Å². The Labute approximate surface area is 96.2 Å². The van der Waals surface area contributed by atoms with Crippen molar-refractivity contribution < 1.29 is 19.8 Å². The van der Waals surface area contributed by atoms with E-state index in [4.69, 9.17) is 15.9 Å². The number of hydrogen-bond donors (Lipinski definition) is 3. The molecule has 0 saturated carbocycles. The summed E-state index contributed by atoms with van der Waals surface area (Å²) in [5, 5.41) is 16.8. The smallest absolute Gasteiger partial charge is 0.320 e. The minimum atomic E-state index is -0.980. The van der Waals surface area contributed by atoms with Gasteiger partial charge < -0.3 is 15.9 Å². The SMILES string of the molecule is NC(CCSSCCCC(=O)O)C(=O)O. The fraction of sp³-hybridized carbons (Fsp3) is 0.750. The third-order valence-corrected chi connectivity index (χ3v) is 4.06. The zero-order valence-electron chi connectivity index (χ0n) is 8.22. The van der Waals surface area contributed by atoms with Crippen LogP contribution in [0.3, 0.4) is 0 Å². The molecule has 0 aromatic heterocycles. The highest BCUT2D eigenvalue weighted by Crippen LogP contribution is 2.23. The quantitative estimate of drug-likeness (QED) is 0.417. The number of nitrogens with two attached hydrogens (primary N) is 1. The number of aliphatic carboxylic acids is 2. The maximum Gasteiger partial charge on any atom is 0.320 e. The van der Waals surface area contributed by atoms with Crippen LogP contribution in [0.1, 0.15) is 19.3 Å². The normalized spacial score (nSPS) is 12.3. The lowest BCUT2D eigenvalue weighted by Crippen LogP contribution is -2.30. The summed E-state index contributed by atoms with van der Waals surface area (Å²) in [4.78, 5) is 20.5. The summed E-state index contributed by atoms with van der Waals surface area (Å²) in [6.07, 6.45) is 1.26. The van der Waals surface area contributed by atoms with Crippen molar-refractivity contribution in [1.29, 1.82) is 0 Å². The van der Waals surface area contributed by atoms with Crippen molar-refractivity contribution >= 4 is 33.5 Å². The molecule has 0 aliphatic heterocycles. The van der Waals surface area contributed by atoms with Crippen LogP contribution in [0.2, 0.25) is 0 Å². The van der Waals surface area contributed by atoms with Crippen molar-refractivity contribution in [3.8, 4) is 0 Å². The monoisotopic (exact) mass is 253 g/mol. The second-order valence-corrected chi connectivity index (χ2v) is 5.58. The molecule has 0 aliphatic carbocycles. The number of rotatable bonds is 9. The lowest BCUT2D eigenvalue weighted by Gasteiger charge is -2.04. The minimum Gasteiger partial charge on any atom is -0.481 e. The van der Waals surface area contributed by atoms with Crippen LogP contribution < -0.4 is 5.73 Å². The number of hydrogen-bond acceptors (Lipinski definition) is 5. The van der Waals surface area contributed by atoms with Gasteiger partial charge in [0.25, 0.3) is 0 Å². The van der Waals surface area contributed by atoms with Crippen LogP contribution in [0.15, 0.2) is 0 Å². The lowest BCUT2D eigenvalue weighted by atomic mass is 10.2.